The van der Waals surface area contributed by atoms with E-state index in [1.165, 1.54) is 0 Å². The Morgan fingerprint density at radius 2 is 1.70 bits per heavy atom. The normalized spacial score (nSPS) is 11.1. The van der Waals surface area contributed by atoms with Crippen LogP contribution in [0.4, 0.5) is 0 Å². The van der Waals surface area contributed by atoms with Crippen molar-refractivity contribution >= 4 is 29.5 Å². The molecule has 0 bridgehead atoms. The first-order chi connectivity index (χ1) is 13.2. The van der Waals surface area contributed by atoms with Crippen LogP contribution in [0.15, 0.2) is 73.1 Å². The van der Waals surface area contributed by atoms with Gasteiger partial charge in [-0.3, -0.25) is 0 Å². The molecule has 1 N–H and O–H groups in total. The lowest BCUT2D eigenvalue weighted by molar-refractivity contribution is 0.0702. The van der Waals surface area contributed by atoms with Crippen molar-refractivity contribution in [1.29, 1.82) is 0 Å². The molecule has 4 rings (SSSR count). The second-order valence-corrected chi connectivity index (χ2v) is 6.82. The Hall–Kier alpha value is -3.51. The van der Waals surface area contributed by atoms with Gasteiger partial charge in [0.05, 0.1) is 17.6 Å². The van der Waals surface area contributed by atoms with Crippen LogP contribution in [0, 0.1) is 0 Å². The molecule has 4 aromatic rings. The third kappa shape index (κ3) is 3.70. The van der Waals surface area contributed by atoms with Crippen molar-refractivity contribution in [2.24, 2.45) is 0 Å². The minimum absolute atomic E-state index is 0.237. The number of benzene rings is 2. The molecule has 0 atom stereocenters. The molecule has 0 spiro atoms. The zero-order valence-electron chi connectivity index (χ0n) is 14.2. The molecule has 2 heterocycles. The Labute approximate surface area is 159 Å². The Morgan fingerprint density at radius 3 is 2.41 bits per heavy atom. The number of rotatable bonds is 5. The molecular formula is C21H15N3O2S. The Bertz CT molecular complexity index is 1100. The number of carbonyl (C=O) groups is 1. The van der Waals surface area contributed by atoms with Gasteiger partial charge < -0.3 is 5.11 Å². The summed E-state index contributed by atoms with van der Waals surface area (Å²) in [7, 11) is 0. The van der Waals surface area contributed by atoms with Crippen molar-refractivity contribution in [2.75, 3.05) is 0 Å². The zero-order valence-corrected chi connectivity index (χ0v) is 15.0. The van der Waals surface area contributed by atoms with Crippen molar-refractivity contribution in [3.8, 4) is 16.9 Å². The minimum atomic E-state index is -0.970. The monoisotopic (exact) mass is 373 g/mol. The lowest BCUT2D eigenvalue weighted by Crippen LogP contribution is -1.95. The molecule has 0 aliphatic rings. The van der Waals surface area contributed by atoms with E-state index in [1.807, 2.05) is 79.0 Å². The lowest BCUT2D eigenvalue weighted by Gasteiger charge is -1.98. The summed E-state index contributed by atoms with van der Waals surface area (Å²) in [6.07, 6.45) is 7.37. The highest BCUT2D eigenvalue weighted by atomic mass is 32.1. The Balaban J connectivity index is 1.62. The van der Waals surface area contributed by atoms with Gasteiger partial charge in [-0.15, -0.1) is 11.3 Å². The number of carboxylic acid groups (broad SMARTS) is 1. The van der Waals surface area contributed by atoms with Gasteiger partial charge in [0.2, 0.25) is 0 Å². The van der Waals surface area contributed by atoms with E-state index in [-0.39, 0.29) is 4.88 Å². The predicted molar refractivity (Wildman–Crippen MR) is 107 cm³/mol. The fourth-order valence-electron chi connectivity index (χ4n) is 2.66. The average molecular weight is 373 g/mol. The van der Waals surface area contributed by atoms with E-state index in [9.17, 15) is 9.90 Å². The number of thiazole rings is 1. The molecule has 0 aliphatic heterocycles. The summed E-state index contributed by atoms with van der Waals surface area (Å²) in [5.74, 6) is -0.970. The second kappa shape index (κ2) is 7.39. The second-order valence-electron chi connectivity index (χ2n) is 5.79. The van der Waals surface area contributed by atoms with Crippen LogP contribution in [-0.2, 0) is 0 Å². The molecule has 0 amide bonds. The van der Waals surface area contributed by atoms with Crippen molar-refractivity contribution in [3.05, 3.63) is 88.5 Å². The number of hydrogen-bond acceptors (Lipinski definition) is 4. The van der Waals surface area contributed by atoms with Crippen LogP contribution in [0.1, 0.15) is 20.2 Å². The highest BCUT2D eigenvalue weighted by molar-refractivity contribution is 7.15. The van der Waals surface area contributed by atoms with Crippen LogP contribution >= 0.6 is 11.3 Å². The number of para-hydroxylation sites is 1. The molecule has 6 heteroatoms. The van der Waals surface area contributed by atoms with Crippen LogP contribution in [0.3, 0.4) is 0 Å². The maximum absolute atomic E-state index is 11.6. The van der Waals surface area contributed by atoms with Gasteiger partial charge in [0.15, 0.2) is 0 Å². The molecule has 0 unspecified atom stereocenters. The SMILES string of the molecule is O=C(O)c1sc(/C=C/c2cnn(-c3ccccc3)c2)nc1-c1ccccc1. The first-order valence-corrected chi connectivity index (χ1v) is 9.10. The largest absolute Gasteiger partial charge is 0.477 e. The summed E-state index contributed by atoms with van der Waals surface area (Å²) in [4.78, 5) is 16.3. The predicted octanol–water partition coefficient (Wildman–Crippen LogP) is 4.86. The van der Waals surface area contributed by atoms with Crippen molar-refractivity contribution in [1.82, 2.24) is 14.8 Å². The molecular weight excluding hydrogens is 358 g/mol. The van der Waals surface area contributed by atoms with Crippen LogP contribution in [-0.4, -0.2) is 25.8 Å². The summed E-state index contributed by atoms with van der Waals surface area (Å²) < 4.78 is 1.79. The third-order valence-electron chi connectivity index (χ3n) is 3.93. The quantitative estimate of drug-likeness (QED) is 0.542. The molecule has 0 saturated carbocycles. The fraction of sp³-hybridized carbons (Fsp3) is 0. The van der Waals surface area contributed by atoms with Crippen LogP contribution in [0.2, 0.25) is 0 Å². The van der Waals surface area contributed by atoms with Gasteiger partial charge in [-0.2, -0.15) is 5.10 Å². The molecule has 132 valence electrons. The summed E-state index contributed by atoms with van der Waals surface area (Å²) >= 11 is 1.16. The molecule has 0 fully saturated rings. The first-order valence-electron chi connectivity index (χ1n) is 8.28. The summed E-state index contributed by atoms with van der Waals surface area (Å²) in [5, 5.41) is 14.5. The van der Waals surface area contributed by atoms with Gasteiger partial charge in [-0.05, 0) is 24.3 Å². The molecule has 0 radical (unpaired) electrons. The number of nitrogens with zero attached hydrogens (tertiary/aromatic N) is 3. The van der Waals surface area contributed by atoms with Gasteiger partial charge in [-0.1, -0.05) is 48.5 Å². The highest BCUT2D eigenvalue weighted by Gasteiger charge is 2.17. The number of carboxylic acids is 1. The van der Waals surface area contributed by atoms with Gasteiger partial charge in [0.1, 0.15) is 9.88 Å². The lowest BCUT2D eigenvalue weighted by atomic mass is 10.1. The van der Waals surface area contributed by atoms with E-state index >= 15 is 0 Å². The topological polar surface area (TPSA) is 68.0 Å². The van der Waals surface area contributed by atoms with Crippen LogP contribution in [0.25, 0.3) is 29.1 Å². The fourth-order valence-corrected chi connectivity index (χ4v) is 3.49. The zero-order chi connectivity index (χ0) is 18.6. The molecule has 2 aromatic heterocycles. The standard InChI is InChI=1S/C21H15N3O2S/c25-21(26)20-19(16-7-3-1-4-8-16)23-18(27-20)12-11-15-13-22-24(14-15)17-9-5-2-6-10-17/h1-14H,(H,25,26)/b12-11+. The van der Waals surface area contributed by atoms with Crippen molar-refractivity contribution < 1.29 is 9.90 Å². The van der Waals surface area contributed by atoms with Crippen LogP contribution < -0.4 is 0 Å². The summed E-state index contributed by atoms with van der Waals surface area (Å²) in [5.41, 5.74) is 3.17. The number of aromatic carboxylic acids is 1. The Morgan fingerprint density at radius 1 is 1.00 bits per heavy atom. The molecule has 5 nitrogen and oxygen atoms in total. The van der Waals surface area contributed by atoms with E-state index < -0.39 is 5.97 Å². The minimum Gasteiger partial charge on any atom is -0.477 e. The van der Waals surface area contributed by atoms with E-state index in [2.05, 4.69) is 10.1 Å². The average Bonchev–Trinajstić information content (AvgIpc) is 3.35. The highest BCUT2D eigenvalue weighted by Crippen LogP contribution is 2.29. The van der Waals surface area contributed by atoms with Crippen molar-refractivity contribution in [2.45, 2.75) is 0 Å². The summed E-state index contributed by atoms with van der Waals surface area (Å²) in [6, 6.07) is 19.2. The molecule has 2 aromatic carbocycles. The van der Waals surface area contributed by atoms with Gasteiger partial charge in [0.25, 0.3) is 0 Å². The maximum atomic E-state index is 11.6. The van der Waals surface area contributed by atoms with Gasteiger partial charge in [0, 0.05) is 17.3 Å². The van der Waals surface area contributed by atoms with Crippen molar-refractivity contribution in [3.63, 3.8) is 0 Å². The summed E-state index contributed by atoms with van der Waals surface area (Å²) in [6.45, 7) is 0. The van der Waals surface area contributed by atoms with E-state index in [0.717, 1.165) is 28.2 Å². The van der Waals surface area contributed by atoms with Crippen LogP contribution in [0.5, 0.6) is 0 Å². The van der Waals surface area contributed by atoms with E-state index in [4.69, 9.17) is 0 Å². The smallest absolute Gasteiger partial charge is 0.348 e. The van der Waals surface area contributed by atoms with E-state index in [1.54, 1.807) is 10.9 Å². The number of aromatic nitrogens is 3. The first kappa shape index (κ1) is 16.9. The Kier molecular flexibility index (Phi) is 4.63. The van der Waals surface area contributed by atoms with Gasteiger partial charge in [-0.25, -0.2) is 14.5 Å². The molecule has 27 heavy (non-hydrogen) atoms. The number of hydrogen-bond donors (Lipinski definition) is 1. The third-order valence-corrected chi connectivity index (χ3v) is 4.94. The van der Waals surface area contributed by atoms with E-state index in [0.29, 0.717) is 10.7 Å². The maximum Gasteiger partial charge on any atom is 0.348 e. The molecule has 0 aliphatic carbocycles. The molecule has 0 saturated heterocycles. The van der Waals surface area contributed by atoms with Gasteiger partial charge >= 0.3 is 5.97 Å².